The number of ether oxygens (including phenoxy) is 1. The van der Waals surface area contributed by atoms with Crippen LogP contribution in [0.3, 0.4) is 0 Å². The Morgan fingerprint density at radius 2 is 1.54 bits per heavy atom. The average molecular weight is 390 g/mol. The Labute approximate surface area is 173 Å². The Balaban J connectivity index is 2.15. The van der Waals surface area contributed by atoms with E-state index in [1.807, 2.05) is 12.1 Å². The zero-order valence-electron chi connectivity index (χ0n) is 18.8. The van der Waals surface area contributed by atoms with Crippen molar-refractivity contribution in [2.75, 3.05) is 0 Å². The summed E-state index contributed by atoms with van der Waals surface area (Å²) in [6, 6.07) is 8.28. The number of hydrogen-bond donors (Lipinski definition) is 2. The monoisotopic (exact) mass is 389 g/mol. The van der Waals surface area contributed by atoms with Gasteiger partial charge < -0.3 is 15.6 Å². The number of aliphatic hydroxyl groups is 1. The third kappa shape index (κ3) is 5.58. The Kier molecular flexibility index (Phi) is 8.54. The number of rotatable bonds is 10. The van der Waals surface area contributed by atoms with Gasteiger partial charge in [0.15, 0.2) is 6.29 Å². The molecule has 0 bridgehead atoms. The fourth-order valence-electron chi connectivity index (χ4n) is 5.16. The summed E-state index contributed by atoms with van der Waals surface area (Å²) >= 11 is 0. The molecule has 0 amide bonds. The average Bonchev–Trinajstić information content (AvgIpc) is 2.70. The molecule has 160 valence electrons. The standard InChI is InChI=1S/C25H43NO2/c1-6-12-22(24(4,5)26)19-15-17-20(18-16-19)23(27)28-25(7-2,8-3)21-13-10-9-11-14-21/h15-18,21-23,27H,6-14,26H2,1-5H3. The van der Waals surface area contributed by atoms with Crippen LogP contribution < -0.4 is 5.73 Å². The molecule has 1 aliphatic rings. The molecule has 1 aliphatic carbocycles. The molecule has 2 rings (SSSR count). The van der Waals surface area contributed by atoms with Crippen LogP contribution in [0.2, 0.25) is 0 Å². The molecule has 2 atom stereocenters. The van der Waals surface area contributed by atoms with E-state index in [0.717, 1.165) is 31.2 Å². The first kappa shape index (κ1) is 23.4. The van der Waals surface area contributed by atoms with E-state index in [2.05, 4.69) is 46.8 Å². The lowest BCUT2D eigenvalue weighted by molar-refractivity contribution is -0.217. The Morgan fingerprint density at radius 3 is 2.00 bits per heavy atom. The SMILES string of the molecule is CCCC(c1ccc(C(O)OC(CC)(CC)C2CCCCC2)cc1)C(C)(C)N. The largest absolute Gasteiger partial charge is 0.364 e. The summed E-state index contributed by atoms with van der Waals surface area (Å²) < 4.78 is 6.41. The summed E-state index contributed by atoms with van der Waals surface area (Å²) in [6.45, 7) is 10.8. The molecule has 1 aromatic rings. The summed E-state index contributed by atoms with van der Waals surface area (Å²) in [7, 11) is 0. The normalized spacial score (nSPS) is 18.8. The smallest absolute Gasteiger partial charge is 0.181 e. The van der Waals surface area contributed by atoms with Crippen molar-refractivity contribution in [3.8, 4) is 0 Å². The third-order valence-corrected chi connectivity index (χ3v) is 6.99. The van der Waals surface area contributed by atoms with Crippen LogP contribution in [0, 0.1) is 5.92 Å². The van der Waals surface area contributed by atoms with Gasteiger partial charge in [-0.15, -0.1) is 0 Å². The maximum atomic E-state index is 10.9. The molecule has 0 aromatic heterocycles. The summed E-state index contributed by atoms with van der Waals surface area (Å²) in [5.41, 5.74) is 8.04. The van der Waals surface area contributed by atoms with Gasteiger partial charge in [0.05, 0.1) is 5.60 Å². The van der Waals surface area contributed by atoms with Gasteiger partial charge in [0, 0.05) is 17.0 Å². The molecule has 1 fully saturated rings. The van der Waals surface area contributed by atoms with E-state index >= 15 is 0 Å². The molecule has 28 heavy (non-hydrogen) atoms. The van der Waals surface area contributed by atoms with Crippen molar-refractivity contribution in [2.24, 2.45) is 11.7 Å². The van der Waals surface area contributed by atoms with Gasteiger partial charge in [-0.2, -0.15) is 0 Å². The van der Waals surface area contributed by atoms with Gasteiger partial charge in [0.2, 0.25) is 0 Å². The molecule has 3 nitrogen and oxygen atoms in total. The Morgan fingerprint density at radius 1 is 1.00 bits per heavy atom. The van der Waals surface area contributed by atoms with Crippen molar-refractivity contribution in [1.82, 2.24) is 0 Å². The molecular weight excluding hydrogens is 346 g/mol. The van der Waals surface area contributed by atoms with Gasteiger partial charge in [-0.05, 0) is 57.4 Å². The zero-order chi connectivity index (χ0) is 20.8. The van der Waals surface area contributed by atoms with E-state index in [0.29, 0.717) is 11.8 Å². The molecule has 3 heteroatoms. The van der Waals surface area contributed by atoms with Crippen LogP contribution in [0.15, 0.2) is 24.3 Å². The van der Waals surface area contributed by atoms with Crippen LogP contribution in [0.1, 0.15) is 116 Å². The molecule has 1 saturated carbocycles. The van der Waals surface area contributed by atoms with Gasteiger partial charge in [-0.25, -0.2) is 0 Å². The van der Waals surface area contributed by atoms with E-state index in [1.165, 1.54) is 37.7 Å². The van der Waals surface area contributed by atoms with E-state index in [9.17, 15) is 5.11 Å². The van der Waals surface area contributed by atoms with Crippen LogP contribution in [0.5, 0.6) is 0 Å². The number of benzene rings is 1. The lowest BCUT2D eigenvalue weighted by Gasteiger charge is -2.43. The fourth-order valence-corrected chi connectivity index (χ4v) is 5.16. The van der Waals surface area contributed by atoms with Crippen LogP contribution in [-0.4, -0.2) is 16.2 Å². The van der Waals surface area contributed by atoms with E-state index in [-0.39, 0.29) is 11.1 Å². The predicted molar refractivity (Wildman–Crippen MR) is 118 cm³/mol. The maximum absolute atomic E-state index is 10.9. The van der Waals surface area contributed by atoms with Gasteiger partial charge >= 0.3 is 0 Å². The first-order chi connectivity index (χ1) is 13.3. The maximum Gasteiger partial charge on any atom is 0.181 e. The van der Waals surface area contributed by atoms with Gasteiger partial charge in [-0.1, -0.05) is 70.7 Å². The molecular formula is C25H43NO2. The summed E-state index contributed by atoms with van der Waals surface area (Å²) in [6.07, 6.45) is 9.55. The number of aliphatic hydroxyl groups excluding tert-OH is 1. The van der Waals surface area contributed by atoms with Crippen LogP contribution in [-0.2, 0) is 4.74 Å². The molecule has 0 radical (unpaired) electrons. The second-order valence-electron chi connectivity index (χ2n) is 9.41. The minimum Gasteiger partial charge on any atom is -0.364 e. The number of hydrogen-bond acceptors (Lipinski definition) is 3. The van der Waals surface area contributed by atoms with E-state index in [4.69, 9.17) is 10.5 Å². The summed E-state index contributed by atoms with van der Waals surface area (Å²) in [5.74, 6) is 0.870. The van der Waals surface area contributed by atoms with Crippen molar-refractivity contribution in [3.63, 3.8) is 0 Å². The van der Waals surface area contributed by atoms with Gasteiger partial charge in [0.1, 0.15) is 0 Å². The first-order valence-corrected chi connectivity index (χ1v) is 11.5. The van der Waals surface area contributed by atoms with Crippen LogP contribution in [0.4, 0.5) is 0 Å². The van der Waals surface area contributed by atoms with Crippen LogP contribution in [0.25, 0.3) is 0 Å². The van der Waals surface area contributed by atoms with Crippen molar-refractivity contribution in [2.45, 2.75) is 116 Å². The van der Waals surface area contributed by atoms with Crippen molar-refractivity contribution in [3.05, 3.63) is 35.4 Å². The Hall–Kier alpha value is -0.900. The molecule has 1 aromatic carbocycles. The zero-order valence-corrected chi connectivity index (χ0v) is 18.8. The summed E-state index contributed by atoms with van der Waals surface area (Å²) in [4.78, 5) is 0. The number of nitrogens with two attached hydrogens (primary N) is 1. The predicted octanol–water partition coefficient (Wildman–Crippen LogP) is 6.45. The highest BCUT2D eigenvalue weighted by atomic mass is 16.6. The summed E-state index contributed by atoms with van der Waals surface area (Å²) in [5, 5.41) is 10.9. The Bertz CT molecular complexity index is 565. The van der Waals surface area contributed by atoms with Gasteiger partial charge in [-0.3, -0.25) is 0 Å². The molecule has 0 spiro atoms. The highest BCUT2D eigenvalue weighted by Crippen LogP contribution is 2.42. The van der Waals surface area contributed by atoms with E-state index in [1.54, 1.807) is 0 Å². The van der Waals surface area contributed by atoms with Crippen LogP contribution >= 0.6 is 0 Å². The van der Waals surface area contributed by atoms with Gasteiger partial charge in [0.25, 0.3) is 0 Å². The van der Waals surface area contributed by atoms with E-state index < -0.39 is 6.29 Å². The lowest BCUT2D eigenvalue weighted by atomic mass is 9.74. The fraction of sp³-hybridized carbons (Fsp3) is 0.760. The quantitative estimate of drug-likeness (QED) is 0.452. The first-order valence-electron chi connectivity index (χ1n) is 11.5. The second kappa shape index (κ2) is 10.2. The third-order valence-electron chi connectivity index (χ3n) is 6.99. The molecule has 3 N–H and O–H groups in total. The highest BCUT2D eigenvalue weighted by Gasteiger charge is 2.39. The minimum absolute atomic E-state index is 0.220. The lowest BCUT2D eigenvalue weighted by Crippen LogP contribution is -2.42. The second-order valence-corrected chi connectivity index (χ2v) is 9.41. The minimum atomic E-state index is -0.869. The molecule has 0 heterocycles. The molecule has 0 aliphatic heterocycles. The van der Waals surface area contributed by atoms with Crippen molar-refractivity contribution in [1.29, 1.82) is 0 Å². The molecule has 2 unspecified atom stereocenters. The highest BCUT2D eigenvalue weighted by molar-refractivity contribution is 5.28. The van der Waals surface area contributed by atoms with Crippen molar-refractivity contribution >= 4 is 0 Å². The topological polar surface area (TPSA) is 55.5 Å². The molecule has 0 saturated heterocycles. The van der Waals surface area contributed by atoms with Crippen molar-refractivity contribution < 1.29 is 9.84 Å².